The van der Waals surface area contributed by atoms with Crippen molar-refractivity contribution in [2.45, 2.75) is 26.3 Å². The molecule has 0 spiro atoms. The molecule has 1 heterocycles. The number of halogens is 1. The number of thiazole rings is 1. The van der Waals surface area contributed by atoms with Crippen LogP contribution in [0.4, 0.5) is 0 Å². The molecule has 1 aromatic carbocycles. The highest BCUT2D eigenvalue weighted by molar-refractivity contribution is 7.11. The van der Waals surface area contributed by atoms with Crippen LogP contribution < -0.4 is 5.32 Å². The molecule has 2 aromatic rings. The van der Waals surface area contributed by atoms with Crippen molar-refractivity contribution in [2.24, 2.45) is 0 Å². The number of aryl methyl sites for hydroxylation is 1. The number of aromatic nitrogens is 1. The molecule has 96 valence electrons. The van der Waals surface area contributed by atoms with Crippen molar-refractivity contribution in [3.05, 3.63) is 50.4 Å². The minimum Gasteiger partial charge on any atom is -0.315 e. The van der Waals surface area contributed by atoms with E-state index in [-0.39, 0.29) is 0 Å². The van der Waals surface area contributed by atoms with Gasteiger partial charge in [-0.25, -0.2) is 4.98 Å². The highest BCUT2D eigenvalue weighted by atomic mass is 35.5. The highest BCUT2D eigenvalue weighted by Crippen LogP contribution is 2.24. The van der Waals surface area contributed by atoms with Crippen molar-refractivity contribution in [2.75, 3.05) is 7.05 Å². The molecule has 0 saturated carbocycles. The van der Waals surface area contributed by atoms with Gasteiger partial charge < -0.3 is 5.32 Å². The van der Waals surface area contributed by atoms with E-state index >= 15 is 0 Å². The molecule has 0 fully saturated rings. The van der Waals surface area contributed by atoms with E-state index in [0.29, 0.717) is 0 Å². The van der Waals surface area contributed by atoms with Gasteiger partial charge >= 0.3 is 0 Å². The van der Waals surface area contributed by atoms with Crippen molar-refractivity contribution in [1.82, 2.24) is 10.3 Å². The third-order valence-electron chi connectivity index (χ3n) is 2.79. The second-order valence-electron chi connectivity index (χ2n) is 4.13. The van der Waals surface area contributed by atoms with E-state index in [1.165, 1.54) is 10.6 Å². The predicted octanol–water partition coefficient (Wildman–Crippen LogP) is 3.67. The Kier molecular flexibility index (Phi) is 4.75. The lowest BCUT2D eigenvalue weighted by molar-refractivity contribution is 0.813. The number of nitrogens with one attached hydrogen (secondary N) is 1. The summed E-state index contributed by atoms with van der Waals surface area (Å²) >= 11 is 7.96. The maximum atomic E-state index is 6.18. The summed E-state index contributed by atoms with van der Waals surface area (Å²) in [5.74, 6) is 0. The van der Waals surface area contributed by atoms with Crippen LogP contribution in [0.1, 0.15) is 28.1 Å². The van der Waals surface area contributed by atoms with Crippen LogP contribution >= 0.6 is 22.9 Å². The fourth-order valence-electron chi connectivity index (χ4n) is 1.89. The quantitative estimate of drug-likeness (QED) is 0.904. The molecule has 2 rings (SSSR count). The molecule has 0 aliphatic rings. The molecule has 0 unspecified atom stereocenters. The lowest BCUT2D eigenvalue weighted by Crippen LogP contribution is -2.05. The van der Waals surface area contributed by atoms with Crippen molar-refractivity contribution < 1.29 is 0 Å². The first-order valence-corrected chi connectivity index (χ1v) is 7.29. The molecule has 0 atom stereocenters. The first-order chi connectivity index (χ1) is 8.74. The van der Waals surface area contributed by atoms with Crippen LogP contribution in [0.25, 0.3) is 0 Å². The van der Waals surface area contributed by atoms with Gasteiger partial charge in [-0.05, 0) is 25.1 Å². The molecule has 2 nitrogen and oxygen atoms in total. The van der Waals surface area contributed by atoms with Crippen LogP contribution in [0.3, 0.4) is 0 Å². The molecule has 0 aliphatic heterocycles. The van der Waals surface area contributed by atoms with E-state index < -0.39 is 0 Å². The molecule has 4 heteroatoms. The van der Waals surface area contributed by atoms with Crippen LogP contribution in [0.15, 0.2) is 24.3 Å². The number of hydrogen-bond donors (Lipinski definition) is 1. The maximum Gasteiger partial charge on any atom is 0.0975 e. The zero-order valence-electron chi connectivity index (χ0n) is 10.7. The van der Waals surface area contributed by atoms with Gasteiger partial charge in [0.25, 0.3) is 0 Å². The van der Waals surface area contributed by atoms with E-state index in [0.717, 1.165) is 35.0 Å². The Hall–Kier alpha value is -0.900. The van der Waals surface area contributed by atoms with Gasteiger partial charge in [-0.2, -0.15) is 0 Å². The van der Waals surface area contributed by atoms with Gasteiger partial charge in [-0.15, -0.1) is 11.3 Å². The minimum atomic E-state index is 0.820. The zero-order chi connectivity index (χ0) is 13.0. The summed E-state index contributed by atoms with van der Waals surface area (Å²) in [6.45, 7) is 3.04. The molecule has 18 heavy (non-hydrogen) atoms. The van der Waals surface area contributed by atoms with Crippen molar-refractivity contribution >= 4 is 22.9 Å². The Balaban J connectivity index is 2.22. The second kappa shape index (κ2) is 6.32. The van der Waals surface area contributed by atoms with Crippen LogP contribution in [0.5, 0.6) is 0 Å². The van der Waals surface area contributed by atoms with Gasteiger partial charge in [0, 0.05) is 22.9 Å². The van der Waals surface area contributed by atoms with Gasteiger partial charge in [0.15, 0.2) is 0 Å². The molecular formula is C14H17ClN2S. The molecule has 0 amide bonds. The Morgan fingerprint density at radius 3 is 2.78 bits per heavy atom. The average Bonchev–Trinajstić information content (AvgIpc) is 2.75. The topological polar surface area (TPSA) is 24.9 Å². The Morgan fingerprint density at radius 1 is 1.33 bits per heavy atom. The van der Waals surface area contributed by atoms with Gasteiger partial charge in [-0.1, -0.05) is 36.7 Å². The van der Waals surface area contributed by atoms with Crippen LogP contribution in [0.2, 0.25) is 5.02 Å². The summed E-state index contributed by atoms with van der Waals surface area (Å²) in [6.07, 6.45) is 1.80. The van der Waals surface area contributed by atoms with E-state index in [1.54, 1.807) is 11.3 Å². The number of nitrogens with zero attached hydrogens (tertiary/aromatic N) is 1. The molecule has 0 saturated heterocycles. The molecule has 0 bridgehead atoms. The van der Waals surface area contributed by atoms with E-state index in [4.69, 9.17) is 16.6 Å². The zero-order valence-corrected chi connectivity index (χ0v) is 12.2. The van der Waals surface area contributed by atoms with Crippen molar-refractivity contribution in [3.8, 4) is 0 Å². The van der Waals surface area contributed by atoms with Gasteiger partial charge in [0.1, 0.15) is 0 Å². The van der Waals surface area contributed by atoms with Crippen LogP contribution in [0, 0.1) is 0 Å². The third-order valence-corrected chi connectivity index (χ3v) is 4.26. The Labute approximate surface area is 117 Å². The van der Waals surface area contributed by atoms with Crippen molar-refractivity contribution in [1.29, 1.82) is 0 Å². The first-order valence-electron chi connectivity index (χ1n) is 6.10. The largest absolute Gasteiger partial charge is 0.315 e. The fraction of sp³-hybridized carbons (Fsp3) is 0.357. The fourth-order valence-corrected chi connectivity index (χ4v) is 3.29. The minimum absolute atomic E-state index is 0.820. The lowest BCUT2D eigenvalue weighted by atomic mass is 10.1. The van der Waals surface area contributed by atoms with Crippen molar-refractivity contribution in [3.63, 3.8) is 0 Å². The monoisotopic (exact) mass is 280 g/mol. The summed E-state index contributed by atoms with van der Waals surface area (Å²) in [6, 6.07) is 7.97. The summed E-state index contributed by atoms with van der Waals surface area (Å²) < 4.78 is 0. The predicted molar refractivity (Wildman–Crippen MR) is 78.5 cm³/mol. The lowest BCUT2D eigenvalue weighted by Gasteiger charge is -2.00. The molecule has 0 radical (unpaired) electrons. The molecular weight excluding hydrogens is 264 g/mol. The standard InChI is InChI=1S/C14H17ClN2S/c1-3-12-13(9-16-2)18-14(17-12)8-10-6-4-5-7-11(10)15/h4-7,16H,3,8-9H2,1-2H3. The molecule has 1 aromatic heterocycles. The number of hydrogen-bond acceptors (Lipinski definition) is 3. The van der Waals surface area contributed by atoms with Gasteiger partial charge in [-0.3, -0.25) is 0 Å². The Morgan fingerprint density at radius 2 is 2.11 bits per heavy atom. The van der Waals surface area contributed by atoms with Crippen LogP contribution in [-0.2, 0) is 19.4 Å². The molecule has 1 N–H and O–H groups in total. The summed E-state index contributed by atoms with van der Waals surface area (Å²) in [7, 11) is 1.97. The summed E-state index contributed by atoms with van der Waals surface area (Å²) in [5, 5.41) is 5.16. The highest BCUT2D eigenvalue weighted by Gasteiger charge is 2.10. The van der Waals surface area contributed by atoms with E-state index in [1.807, 2.05) is 25.2 Å². The van der Waals surface area contributed by atoms with E-state index in [9.17, 15) is 0 Å². The second-order valence-corrected chi connectivity index (χ2v) is 5.70. The third kappa shape index (κ3) is 3.10. The Bertz CT molecular complexity index is 522. The smallest absolute Gasteiger partial charge is 0.0975 e. The molecule has 0 aliphatic carbocycles. The van der Waals surface area contributed by atoms with E-state index in [2.05, 4.69) is 18.3 Å². The first kappa shape index (κ1) is 13.5. The summed E-state index contributed by atoms with van der Waals surface area (Å²) in [4.78, 5) is 6.04. The normalized spacial score (nSPS) is 10.8. The maximum absolute atomic E-state index is 6.18. The number of rotatable bonds is 5. The average molecular weight is 281 g/mol. The van der Waals surface area contributed by atoms with Gasteiger partial charge in [0.2, 0.25) is 0 Å². The van der Waals surface area contributed by atoms with Crippen LogP contribution in [-0.4, -0.2) is 12.0 Å². The SMILES string of the molecule is CCc1nc(Cc2ccccc2Cl)sc1CNC. The number of benzene rings is 1. The summed E-state index contributed by atoms with van der Waals surface area (Å²) in [5.41, 5.74) is 2.35. The van der Waals surface area contributed by atoms with Gasteiger partial charge in [0.05, 0.1) is 10.7 Å².